The molecule has 1 fully saturated rings. The standard InChI is InChI=1S/C15H20FNO/c1-10-7-11(2)12(3)17(8-10)15-6-4-5-14(16)13(15)9-18/h4-6,9-12H,7-8H2,1-3H3. The van der Waals surface area contributed by atoms with Crippen LogP contribution < -0.4 is 4.90 Å². The summed E-state index contributed by atoms with van der Waals surface area (Å²) >= 11 is 0. The van der Waals surface area contributed by atoms with E-state index in [0.717, 1.165) is 12.2 Å². The molecule has 1 aliphatic heterocycles. The Hall–Kier alpha value is -1.38. The van der Waals surface area contributed by atoms with Crippen LogP contribution in [0.1, 0.15) is 37.6 Å². The molecule has 0 N–H and O–H groups in total. The van der Waals surface area contributed by atoms with Crippen LogP contribution in [0.3, 0.4) is 0 Å². The summed E-state index contributed by atoms with van der Waals surface area (Å²) in [5.41, 5.74) is 0.918. The molecule has 0 aromatic heterocycles. The number of hydrogen-bond acceptors (Lipinski definition) is 2. The molecule has 3 atom stereocenters. The summed E-state index contributed by atoms with van der Waals surface area (Å²) in [4.78, 5) is 13.3. The number of benzene rings is 1. The number of rotatable bonds is 2. The summed E-state index contributed by atoms with van der Waals surface area (Å²) in [7, 11) is 0. The van der Waals surface area contributed by atoms with Crippen molar-refractivity contribution in [2.24, 2.45) is 11.8 Å². The molecule has 1 saturated heterocycles. The molecule has 1 aliphatic rings. The van der Waals surface area contributed by atoms with E-state index in [-0.39, 0.29) is 5.56 Å². The molecular weight excluding hydrogens is 229 g/mol. The molecule has 1 heterocycles. The summed E-state index contributed by atoms with van der Waals surface area (Å²) < 4.78 is 13.7. The summed E-state index contributed by atoms with van der Waals surface area (Å²) in [5, 5.41) is 0. The van der Waals surface area contributed by atoms with Gasteiger partial charge in [0.05, 0.1) is 11.3 Å². The fraction of sp³-hybridized carbons (Fsp3) is 0.533. The van der Waals surface area contributed by atoms with Crippen LogP contribution in [0.15, 0.2) is 18.2 Å². The lowest BCUT2D eigenvalue weighted by atomic mass is 9.85. The highest BCUT2D eigenvalue weighted by Gasteiger charge is 2.30. The number of carbonyl (C=O) groups is 1. The van der Waals surface area contributed by atoms with Crippen LogP contribution in [0, 0.1) is 17.7 Å². The predicted molar refractivity (Wildman–Crippen MR) is 71.5 cm³/mol. The molecule has 0 aliphatic carbocycles. The molecule has 1 aromatic rings. The maximum Gasteiger partial charge on any atom is 0.155 e. The summed E-state index contributed by atoms with van der Waals surface area (Å²) in [6, 6.07) is 5.19. The Labute approximate surface area is 108 Å². The van der Waals surface area contributed by atoms with Gasteiger partial charge in [-0.15, -0.1) is 0 Å². The molecule has 0 amide bonds. The van der Waals surface area contributed by atoms with Crippen LogP contribution in [-0.4, -0.2) is 18.9 Å². The normalized spacial score (nSPS) is 28.2. The number of anilines is 1. The van der Waals surface area contributed by atoms with Crippen molar-refractivity contribution in [3.63, 3.8) is 0 Å². The van der Waals surface area contributed by atoms with Gasteiger partial charge in [-0.25, -0.2) is 4.39 Å². The second-order valence-corrected chi connectivity index (χ2v) is 5.50. The molecule has 0 radical (unpaired) electrons. The number of halogens is 1. The molecule has 3 unspecified atom stereocenters. The Morgan fingerprint density at radius 1 is 1.33 bits per heavy atom. The second kappa shape index (κ2) is 5.09. The van der Waals surface area contributed by atoms with Crippen molar-refractivity contribution in [2.45, 2.75) is 33.2 Å². The van der Waals surface area contributed by atoms with Crippen molar-refractivity contribution >= 4 is 12.0 Å². The van der Waals surface area contributed by atoms with Crippen LogP contribution in [0.25, 0.3) is 0 Å². The van der Waals surface area contributed by atoms with Gasteiger partial charge in [0.15, 0.2) is 6.29 Å². The smallest absolute Gasteiger partial charge is 0.155 e. The molecule has 1 aromatic carbocycles. The van der Waals surface area contributed by atoms with E-state index in [1.165, 1.54) is 12.5 Å². The molecule has 98 valence electrons. The largest absolute Gasteiger partial charge is 0.368 e. The van der Waals surface area contributed by atoms with E-state index in [2.05, 4.69) is 25.7 Å². The molecule has 0 bridgehead atoms. The van der Waals surface area contributed by atoms with Gasteiger partial charge in [0.2, 0.25) is 0 Å². The first-order chi connectivity index (χ1) is 8.54. The highest BCUT2D eigenvalue weighted by molar-refractivity contribution is 5.85. The van der Waals surface area contributed by atoms with E-state index in [4.69, 9.17) is 0 Å². The first-order valence-corrected chi connectivity index (χ1v) is 6.55. The number of nitrogens with zero attached hydrogens (tertiary/aromatic N) is 1. The highest BCUT2D eigenvalue weighted by atomic mass is 19.1. The van der Waals surface area contributed by atoms with Gasteiger partial charge in [0, 0.05) is 12.6 Å². The van der Waals surface area contributed by atoms with E-state index in [0.29, 0.717) is 24.2 Å². The van der Waals surface area contributed by atoms with Crippen molar-refractivity contribution in [3.8, 4) is 0 Å². The third-order valence-corrected chi connectivity index (χ3v) is 4.05. The van der Waals surface area contributed by atoms with Gasteiger partial charge < -0.3 is 4.90 Å². The Morgan fingerprint density at radius 3 is 2.72 bits per heavy atom. The first-order valence-electron chi connectivity index (χ1n) is 6.55. The van der Waals surface area contributed by atoms with Gasteiger partial charge in [-0.2, -0.15) is 0 Å². The molecular formula is C15H20FNO. The maximum atomic E-state index is 13.7. The summed E-state index contributed by atoms with van der Waals surface area (Å²) in [6.45, 7) is 7.45. The van der Waals surface area contributed by atoms with Gasteiger partial charge in [0.25, 0.3) is 0 Å². The van der Waals surface area contributed by atoms with Crippen LogP contribution in [-0.2, 0) is 0 Å². The molecule has 0 spiro atoms. The van der Waals surface area contributed by atoms with Gasteiger partial charge in [-0.05, 0) is 37.3 Å². The van der Waals surface area contributed by atoms with Crippen LogP contribution in [0.5, 0.6) is 0 Å². The van der Waals surface area contributed by atoms with E-state index in [9.17, 15) is 9.18 Å². The Bertz CT molecular complexity index is 446. The maximum absolute atomic E-state index is 13.7. The van der Waals surface area contributed by atoms with Gasteiger partial charge in [-0.3, -0.25) is 4.79 Å². The lowest BCUT2D eigenvalue weighted by Gasteiger charge is -2.43. The minimum atomic E-state index is -0.430. The van der Waals surface area contributed by atoms with Crippen molar-refractivity contribution < 1.29 is 9.18 Å². The van der Waals surface area contributed by atoms with Crippen molar-refractivity contribution in [3.05, 3.63) is 29.6 Å². The van der Waals surface area contributed by atoms with Crippen LogP contribution >= 0.6 is 0 Å². The van der Waals surface area contributed by atoms with Crippen molar-refractivity contribution in [1.82, 2.24) is 0 Å². The molecule has 0 saturated carbocycles. The van der Waals surface area contributed by atoms with Gasteiger partial charge in [-0.1, -0.05) is 19.9 Å². The van der Waals surface area contributed by atoms with Crippen LogP contribution in [0.2, 0.25) is 0 Å². The van der Waals surface area contributed by atoms with E-state index < -0.39 is 5.82 Å². The fourth-order valence-electron chi connectivity index (χ4n) is 2.93. The molecule has 3 heteroatoms. The minimum Gasteiger partial charge on any atom is -0.368 e. The zero-order valence-electron chi connectivity index (χ0n) is 11.2. The topological polar surface area (TPSA) is 20.3 Å². The van der Waals surface area contributed by atoms with Crippen LogP contribution in [0.4, 0.5) is 10.1 Å². The third-order valence-electron chi connectivity index (χ3n) is 4.05. The third kappa shape index (κ3) is 2.26. The Morgan fingerprint density at radius 2 is 2.06 bits per heavy atom. The average molecular weight is 249 g/mol. The predicted octanol–water partition coefficient (Wildman–Crippen LogP) is 3.51. The monoisotopic (exact) mass is 249 g/mol. The second-order valence-electron chi connectivity index (χ2n) is 5.50. The average Bonchev–Trinajstić information content (AvgIpc) is 2.33. The Kier molecular flexibility index (Phi) is 3.69. The highest BCUT2D eigenvalue weighted by Crippen LogP contribution is 2.33. The summed E-state index contributed by atoms with van der Waals surface area (Å²) in [6.07, 6.45) is 1.81. The van der Waals surface area contributed by atoms with Crippen molar-refractivity contribution in [2.75, 3.05) is 11.4 Å². The van der Waals surface area contributed by atoms with Gasteiger partial charge in [0.1, 0.15) is 5.82 Å². The zero-order chi connectivity index (χ0) is 13.3. The lowest BCUT2D eigenvalue weighted by Crippen LogP contribution is -2.46. The van der Waals surface area contributed by atoms with E-state index in [1.807, 2.05) is 6.07 Å². The molecule has 18 heavy (non-hydrogen) atoms. The van der Waals surface area contributed by atoms with E-state index in [1.54, 1.807) is 6.07 Å². The van der Waals surface area contributed by atoms with E-state index >= 15 is 0 Å². The summed E-state index contributed by atoms with van der Waals surface area (Å²) in [5.74, 6) is 0.691. The quantitative estimate of drug-likeness (QED) is 0.748. The molecule has 2 rings (SSSR count). The lowest BCUT2D eigenvalue weighted by molar-refractivity contribution is 0.112. The zero-order valence-corrected chi connectivity index (χ0v) is 11.2. The molecule has 2 nitrogen and oxygen atoms in total. The minimum absolute atomic E-state index is 0.186. The Balaban J connectivity index is 2.41. The SMILES string of the molecule is CC1CC(C)C(C)N(c2cccc(F)c2C=O)C1. The first kappa shape index (κ1) is 13.1. The number of aldehydes is 1. The van der Waals surface area contributed by atoms with Crippen molar-refractivity contribution in [1.29, 1.82) is 0 Å². The fourth-order valence-corrected chi connectivity index (χ4v) is 2.93. The number of carbonyl (C=O) groups excluding carboxylic acids is 1. The van der Waals surface area contributed by atoms with Gasteiger partial charge >= 0.3 is 0 Å². The number of piperidine rings is 1. The number of hydrogen-bond donors (Lipinski definition) is 0.